The summed E-state index contributed by atoms with van der Waals surface area (Å²) in [5, 5.41) is 2.37. The minimum Gasteiger partial charge on any atom is -0.381 e. The summed E-state index contributed by atoms with van der Waals surface area (Å²) in [6.07, 6.45) is 2.76. The molecule has 0 aromatic heterocycles. The maximum atomic E-state index is 13.1. The van der Waals surface area contributed by atoms with Gasteiger partial charge in [-0.05, 0) is 54.3 Å². The lowest BCUT2D eigenvalue weighted by Gasteiger charge is -2.37. The third kappa shape index (κ3) is 3.56. The molecule has 8 heteroatoms. The van der Waals surface area contributed by atoms with E-state index in [0.717, 1.165) is 56.8 Å². The van der Waals surface area contributed by atoms with Crippen LogP contribution in [0.15, 0.2) is 18.2 Å². The predicted molar refractivity (Wildman–Crippen MR) is 113 cm³/mol. The van der Waals surface area contributed by atoms with Crippen LogP contribution in [0.4, 0.5) is 0 Å². The highest BCUT2D eigenvalue weighted by Gasteiger charge is 2.47. The van der Waals surface area contributed by atoms with E-state index in [1.807, 2.05) is 12.1 Å². The minimum absolute atomic E-state index is 0.117. The number of nitrogens with zero attached hydrogens (tertiary/aromatic N) is 2. The number of fused-ring (bicyclic) bond motifs is 1. The molecule has 3 fully saturated rings. The van der Waals surface area contributed by atoms with Crippen LogP contribution < -0.4 is 11.1 Å². The van der Waals surface area contributed by atoms with E-state index in [-0.39, 0.29) is 29.6 Å². The molecule has 0 bridgehead atoms. The highest BCUT2D eigenvalue weighted by molar-refractivity contribution is 6.05. The van der Waals surface area contributed by atoms with E-state index in [1.165, 1.54) is 0 Å². The largest absolute Gasteiger partial charge is 0.381 e. The molecule has 2 atom stereocenters. The SMILES string of the molecule is NCC1CN(Cc2cccc3c2CN(C2CCC(=O)NC2=O)C3=O)CC12CCOCC2. The first kappa shape index (κ1) is 20.6. The fourth-order valence-corrected chi connectivity index (χ4v) is 5.97. The lowest BCUT2D eigenvalue weighted by molar-refractivity contribution is -0.136. The van der Waals surface area contributed by atoms with E-state index < -0.39 is 6.04 Å². The number of imide groups is 1. The van der Waals surface area contributed by atoms with Crippen LogP contribution in [0, 0.1) is 11.3 Å². The predicted octanol–water partition coefficient (Wildman–Crippen LogP) is 0.635. The van der Waals surface area contributed by atoms with Crippen LogP contribution >= 0.6 is 0 Å². The highest BCUT2D eigenvalue weighted by Crippen LogP contribution is 2.44. The molecule has 8 nitrogen and oxygen atoms in total. The van der Waals surface area contributed by atoms with Gasteiger partial charge in [0.15, 0.2) is 0 Å². The zero-order valence-electron chi connectivity index (χ0n) is 17.8. The molecule has 1 aromatic rings. The smallest absolute Gasteiger partial charge is 0.255 e. The van der Waals surface area contributed by atoms with Gasteiger partial charge >= 0.3 is 0 Å². The van der Waals surface area contributed by atoms with Gasteiger partial charge in [-0.25, -0.2) is 0 Å². The van der Waals surface area contributed by atoms with Crippen molar-refractivity contribution in [1.29, 1.82) is 0 Å². The fraction of sp³-hybridized carbons (Fsp3) is 0.609. The van der Waals surface area contributed by atoms with Gasteiger partial charge < -0.3 is 15.4 Å². The summed E-state index contributed by atoms with van der Waals surface area (Å²) in [4.78, 5) is 41.0. The van der Waals surface area contributed by atoms with Crippen LogP contribution in [0.25, 0.3) is 0 Å². The first-order chi connectivity index (χ1) is 15.0. The lowest BCUT2D eigenvalue weighted by Crippen LogP contribution is -2.52. The molecular weight excluding hydrogens is 396 g/mol. The number of benzene rings is 1. The molecule has 0 aliphatic carbocycles. The van der Waals surface area contributed by atoms with E-state index >= 15 is 0 Å². The average Bonchev–Trinajstić information content (AvgIpc) is 3.27. The molecule has 3 amide bonds. The molecule has 3 saturated heterocycles. The van der Waals surface area contributed by atoms with Gasteiger partial charge in [0.05, 0.1) is 0 Å². The molecule has 4 aliphatic heterocycles. The van der Waals surface area contributed by atoms with Crippen LogP contribution in [-0.2, 0) is 27.4 Å². The standard InChI is InChI=1S/C23H30N4O4/c24-10-16-12-26(14-23(16)6-8-31-9-7-23)11-15-2-1-3-17-18(15)13-27(22(17)30)19-4-5-20(28)25-21(19)29/h1-3,16,19H,4-14,24H2,(H,25,28,29). The summed E-state index contributed by atoms with van der Waals surface area (Å²) in [5.41, 5.74) is 9.21. The Hall–Kier alpha value is -2.29. The van der Waals surface area contributed by atoms with E-state index in [9.17, 15) is 14.4 Å². The van der Waals surface area contributed by atoms with Gasteiger partial charge in [-0.1, -0.05) is 12.1 Å². The van der Waals surface area contributed by atoms with Crippen molar-refractivity contribution in [3.63, 3.8) is 0 Å². The fourth-order valence-electron chi connectivity index (χ4n) is 5.97. The molecule has 4 heterocycles. The second-order valence-corrected chi connectivity index (χ2v) is 9.42. The van der Waals surface area contributed by atoms with Gasteiger partial charge in [0.1, 0.15) is 6.04 Å². The molecule has 5 rings (SSSR count). The van der Waals surface area contributed by atoms with E-state index in [0.29, 0.717) is 31.0 Å². The maximum absolute atomic E-state index is 13.1. The van der Waals surface area contributed by atoms with Crippen molar-refractivity contribution in [1.82, 2.24) is 15.1 Å². The van der Waals surface area contributed by atoms with Gasteiger partial charge in [-0.3, -0.25) is 24.6 Å². The van der Waals surface area contributed by atoms with Gasteiger partial charge in [0.25, 0.3) is 5.91 Å². The number of hydrogen-bond donors (Lipinski definition) is 2. The van der Waals surface area contributed by atoms with E-state index in [4.69, 9.17) is 10.5 Å². The summed E-state index contributed by atoms with van der Waals surface area (Å²) in [6.45, 7) is 5.46. The summed E-state index contributed by atoms with van der Waals surface area (Å²) < 4.78 is 5.60. The Morgan fingerprint density at radius 2 is 2.00 bits per heavy atom. The van der Waals surface area contributed by atoms with Gasteiger partial charge in [0.2, 0.25) is 11.8 Å². The number of rotatable bonds is 4. The molecule has 2 unspecified atom stereocenters. The monoisotopic (exact) mass is 426 g/mol. The number of hydrogen-bond acceptors (Lipinski definition) is 6. The average molecular weight is 427 g/mol. The van der Waals surface area contributed by atoms with Crippen LogP contribution in [0.3, 0.4) is 0 Å². The Kier molecular flexibility index (Phi) is 5.32. The Morgan fingerprint density at radius 1 is 1.19 bits per heavy atom. The topological polar surface area (TPSA) is 105 Å². The number of piperidine rings is 1. The van der Waals surface area contributed by atoms with Crippen molar-refractivity contribution in [3.05, 3.63) is 34.9 Å². The molecule has 1 aromatic carbocycles. The normalized spacial score (nSPS) is 28.3. The molecule has 4 aliphatic rings. The molecule has 0 radical (unpaired) electrons. The number of carbonyl (C=O) groups is 3. The summed E-state index contributed by atoms with van der Waals surface area (Å²) >= 11 is 0. The number of carbonyl (C=O) groups excluding carboxylic acids is 3. The van der Waals surface area contributed by atoms with Gasteiger partial charge in [-0.15, -0.1) is 0 Å². The van der Waals surface area contributed by atoms with Crippen molar-refractivity contribution in [2.75, 3.05) is 32.8 Å². The van der Waals surface area contributed by atoms with E-state index in [1.54, 1.807) is 4.90 Å². The van der Waals surface area contributed by atoms with Crippen LogP contribution in [0.1, 0.15) is 47.2 Å². The van der Waals surface area contributed by atoms with Gasteiger partial charge in [0, 0.05) is 51.4 Å². The zero-order chi connectivity index (χ0) is 21.6. The Balaban J connectivity index is 1.34. The third-order valence-electron chi connectivity index (χ3n) is 7.73. The summed E-state index contributed by atoms with van der Waals surface area (Å²) in [7, 11) is 0. The number of likely N-dealkylation sites (tertiary alicyclic amines) is 1. The van der Waals surface area contributed by atoms with E-state index in [2.05, 4.69) is 16.3 Å². The molecule has 0 saturated carbocycles. The first-order valence-electron chi connectivity index (χ1n) is 11.3. The second-order valence-electron chi connectivity index (χ2n) is 9.42. The minimum atomic E-state index is -0.579. The lowest BCUT2D eigenvalue weighted by atomic mass is 9.72. The second kappa shape index (κ2) is 8.00. The van der Waals surface area contributed by atoms with Crippen LogP contribution in [-0.4, -0.2) is 66.4 Å². The Labute approximate surface area is 182 Å². The number of nitrogens with one attached hydrogen (secondary N) is 1. The first-order valence-corrected chi connectivity index (χ1v) is 11.3. The van der Waals surface area contributed by atoms with Crippen molar-refractivity contribution < 1.29 is 19.1 Å². The highest BCUT2D eigenvalue weighted by atomic mass is 16.5. The maximum Gasteiger partial charge on any atom is 0.255 e. The van der Waals surface area contributed by atoms with Crippen molar-refractivity contribution >= 4 is 17.7 Å². The Morgan fingerprint density at radius 3 is 2.74 bits per heavy atom. The zero-order valence-corrected chi connectivity index (χ0v) is 17.8. The van der Waals surface area contributed by atoms with Crippen LogP contribution in [0.5, 0.6) is 0 Å². The molecular formula is C23H30N4O4. The summed E-state index contributed by atoms with van der Waals surface area (Å²) in [6, 6.07) is 5.29. The van der Waals surface area contributed by atoms with Crippen LogP contribution in [0.2, 0.25) is 0 Å². The number of nitrogens with two attached hydrogens (primary N) is 1. The number of ether oxygens (including phenoxy) is 1. The molecule has 166 valence electrons. The van der Waals surface area contributed by atoms with Crippen molar-refractivity contribution in [2.45, 2.75) is 44.8 Å². The Bertz CT molecular complexity index is 911. The van der Waals surface area contributed by atoms with Crippen molar-refractivity contribution in [2.24, 2.45) is 17.1 Å². The van der Waals surface area contributed by atoms with Crippen molar-refractivity contribution in [3.8, 4) is 0 Å². The number of amides is 3. The summed E-state index contributed by atoms with van der Waals surface area (Å²) in [5.74, 6) is -0.286. The molecule has 31 heavy (non-hydrogen) atoms. The molecule has 3 N–H and O–H groups in total. The third-order valence-corrected chi connectivity index (χ3v) is 7.73. The molecule has 1 spiro atoms. The quantitative estimate of drug-likeness (QED) is 0.685. The van der Waals surface area contributed by atoms with Gasteiger partial charge in [-0.2, -0.15) is 0 Å².